The first-order valence-corrected chi connectivity index (χ1v) is 12.4. The molecule has 1 amide bonds. The topological polar surface area (TPSA) is 123 Å². The Labute approximate surface area is 241 Å². The molecule has 0 aliphatic rings. The molecule has 3 aromatic carbocycles. The van der Waals surface area contributed by atoms with E-state index in [9.17, 15) is 27.2 Å². The number of alkyl halides is 3. The van der Waals surface area contributed by atoms with E-state index in [0.29, 0.717) is 11.3 Å². The highest BCUT2D eigenvalue weighted by Crippen LogP contribution is 2.33. The highest BCUT2D eigenvalue weighted by Gasteiger charge is 2.42. The zero-order valence-electron chi connectivity index (χ0n) is 22.2. The molecule has 218 valence electrons. The first-order chi connectivity index (χ1) is 20.5. The molecule has 3 N–H and O–H groups in total. The second-order valence-electron chi connectivity index (χ2n) is 9.13. The maximum atomic E-state index is 15.0. The van der Waals surface area contributed by atoms with Crippen molar-refractivity contribution in [2.75, 3.05) is 16.0 Å². The molecule has 43 heavy (non-hydrogen) atoms. The van der Waals surface area contributed by atoms with Crippen molar-refractivity contribution in [3.8, 4) is 11.1 Å². The first kappa shape index (κ1) is 28.7. The minimum absolute atomic E-state index is 0.0341. The van der Waals surface area contributed by atoms with Crippen molar-refractivity contribution in [2.45, 2.75) is 6.18 Å². The van der Waals surface area contributed by atoms with Gasteiger partial charge in [0.05, 0.1) is 17.6 Å². The number of hydrogen-bond donors (Lipinski definition) is 3. The summed E-state index contributed by atoms with van der Waals surface area (Å²) in [4.78, 5) is 32.3. The van der Waals surface area contributed by atoms with Crippen LogP contribution in [0.2, 0.25) is 0 Å². The highest BCUT2D eigenvalue weighted by molar-refractivity contribution is 6.03. The normalized spacial score (nSPS) is 11.2. The Bertz CT molecular complexity index is 1870. The Balaban J connectivity index is 1.46. The Morgan fingerprint density at radius 1 is 0.953 bits per heavy atom. The molecule has 0 aliphatic carbocycles. The molecular weight excluding hydrogens is 570 g/mol. The average molecular weight is 592 g/mol. The van der Waals surface area contributed by atoms with Crippen molar-refractivity contribution >= 4 is 51.5 Å². The quantitative estimate of drug-likeness (QED) is 0.0842. The number of esters is 1. The predicted molar refractivity (Wildman–Crippen MR) is 151 cm³/mol. The van der Waals surface area contributed by atoms with Gasteiger partial charge in [-0.1, -0.05) is 43.0 Å². The molecule has 5 rings (SSSR count). The lowest BCUT2D eigenvalue weighted by atomic mass is 10.0. The van der Waals surface area contributed by atoms with E-state index in [2.05, 4.69) is 42.3 Å². The number of hydrogen-bond acceptors (Lipinski definition) is 8. The number of ether oxygens (including phenoxy) is 1. The number of nitrogens with zero attached hydrogens (tertiary/aromatic N) is 4. The molecule has 0 atom stereocenters. The SMILES string of the molecule is C=C(OC(=O)C(F)(F)F)C(=O)Nc1ccc(F)c(Nc2nc(Nc3cnn(C)c3)ncc2-c2ccc3ccccc3c2)c1. The highest BCUT2D eigenvalue weighted by atomic mass is 19.4. The zero-order chi connectivity index (χ0) is 30.7. The van der Waals surface area contributed by atoms with Gasteiger partial charge in [0.15, 0.2) is 5.76 Å². The van der Waals surface area contributed by atoms with Crippen LogP contribution in [0.1, 0.15) is 0 Å². The third-order valence-electron chi connectivity index (χ3n) is 5.99. The fourth-order valence-corrected chi connectivity index (χ4v) is 3.96. The second-order valence-corrected chi connectivity index (χ2v) is 9.13. The van der Waals surface area contributed by atoms with Gasteiger partial charge in [0.2, 0.25) is 5.95 Å². The van der Waals surface area contributed by atoms with Crippen molar-refractivity contribution in [1.82, 2.24) is 19.7 Å². The van der Waals surface area contributed by atoms with Crippen molar-refractivity contribution in [3.63, 3.8) is 0 Å². The van der Waals surface area contributed by atoms with E-state index in [-0.39, 0.29) is 23.1 Å². The molecule has 2 heterocycles. The van der Waals surface area contributed by atoms with E-state index in [4.69, 9.17) is 0 Å². The number of nitrogens with one attached hydrogen (secondary N) is 3. The van der Waals surface area contributed by atoms with Crippen LogP contribution >= 0.6 is 0 Å². The number of carbonyl (C=O) groups excluding carboxylic acids is 2. The van der Waals surface area contributed by atoms with Crippen LogP contribution in [0.3, 0.4) is 0 Å². The third-order valence-corrected chi connectivity index (χ3v) is 5.99. The van der Waals surface area contributed by atoms with E-state index in [1.165, 1.54) is 6.07 Å². The molecule has 10 nitrogen and oxygen atoms in total. The smallest absolute Gasteiger partial charge is 0.415 e. The van der Waals surface area contributed by atoms with Gasteiger partial charge in [-0.25, -0.2) is 14.2 Å². The Morgan fingerprint density at radius 3 is 2.44 bits per heavy atom. The van der Waals surface area contributed by atoms with Crippen LogP contribution in [0.25, 0.3) is 21.9 Å². The van der Waals surface area contributed by atoms with Crippen LogP contribution in [0, 0.1) is 5.82 Å². The fourth-order valence-electron chi connectivity index (χ4n) is 3.96. The molecule has 0 saturated heterocycles. The minimum Gasteiger partial charge on any atom is -0.415 e. The maximum absolute atomic E-state index is 15.0. The molecule has 0 fully saturated rings. The number of aryl methyl sites for hydroxylation is 1. The molecule has 0 saturated carbocycles. The van der Waals surface area contributed by atoms with Gasteiger partial charge in [0.1, 0.15) is 11.6 Å². The summed E-state index contributed by atoms with van der Waals surface area (Å²) in [6.07, 6.45) is -0.485. The number of halogens is 4. The van der Waals surface area contributed by atoms with Gasteiger partial charge >= 0.3 is 12.1 Å². The van der Waals surface area contributed by atoms with E-state index in [1.54, 1.807) is 30.3 Å². The number of rotatable bonds is 8. The third kappa shape index (κ3) is 6.75. The number of aromatic nitrogens is 4. The van der Waals surface area contributed by atoms with Crippen LogP contribution in [0.5, 0.6) is 0 Å². The number of fused-ring (bicyclic) bond motifs is 1. The van der Waals surface area contributed by atoms with E-state index < -0.39 is 29.6 Å². The van der Waals surface area contributed by atoms with Crippen LogP contribution in [0.4, 0.5) is 46.4 Å². The van der Waals surface area contributed by atoms with Gasteiger partial charge in [-0.05, 0) is 40.6 Å². The molecule has 0 spiro atoms. The van der Waals surface area contributed by atoms with Gasteiger partial charge in [0, 0.05) is 30.7 Å². The number of amides is 1. The predicted octanol–water partition coefficient (Wildman–Crippen LogP) is 6.21. The minimum atomic E-state index is -5.32. The molecular formula is C29H21F4N7O3. The van der Waals surface area contributed by atoms with Crippen LogP contribution < -0.4 is 16.0 Å². The summed E-state index contributed by atoms with van der Waals surface area (Å²) in [6.45, 7) is 3.05. The zero-order valence-corrected chi connectivity index (χ0v) is 22.2. The Hall–Kier alpha value is -5.79. The summed E-state index contributed by atoms with van der Waals surface area (Å²) in [5, 5.41) is 14.2. The number of carbonyl (C=O) groups is 2. The summed E-state index contributed by atoms with van der Waals surface area (Å²) in [7, 11) is 1.74. The summed E-state index contributed by atoms with van der Waals surface area (Å²) in [6, 6.07) is 16.8. The maximum Gasteiger partial charge on any atom is 0.491 e. The van der Waals surface area contributed by atoms with Gasteiger partial charge in [-0.3, -0.25) is 9.48 Å². The molecule has 0 unspecified atom stereocenters. The first-order valence-electron chi connectivity index (χ1n) is 12.4. The van der Waals surface area contributed by atoms with Crippen LogP contribution in [-0.4, -0.2) is 37.8 Å². The summed E-state index contributed by atoms with van der Waals surface area (Å²) < 4.78 is 58.0. The number of benzene rings is 3. The average Bonchev–Trinajstić information content (AvgIpc) is 3.38. The van der Waals surface area contributed by atoms with Gasteiger partial charge in [-0.15, -0.1) is 0 Å². The summed E-state index contributed by atoms with van der Waals surface area (Å²) in [5.41, 5.74) is 1.68. The van der Waals surface area contributed by atoms with E-state index >= 15 is 0 Å². The lowest BCUT2D eigenvalue weighted by Crippen LogP contribution is -2.28. The van der Waals surface area contributed by atoms with Crippen molar-refractivity contribution in [3.05, 3.63) is 97.4 Å². The fraction of sp³-hybridized carbons (Fsp3) is 0.0690. The van der Waals surface area contributed by atoms with Crippen molar-refractivity contribution < 1.29 is 31.9 Å². The van der Waals surface area contributed by atoms with E-state index in [1.807, 2.05) is 42.5 Å². The molecule has 5 aromatic rings. The van der Waals surface area contributed by atoms with E-state index in [0.717, 1.165) is 28.5 Å². The van der Waals surface area contributed by atoms with Gasteiger partial charge in [0.25, 0.3) is 5.91 Å². The van der Waals surface area contributed by atoms with Gasteiger partial charge in [-0.2, -0.15) is 23.3 Å². The number of anilines is 5. The summed E-state index contributed by atoms with van der Waals surface area (Å²) >= 11 is 0. The molecule has 0 radical (unpaired) electrons. The lowest BCUT2D eigenvalue weighted by Gasteiger charge is -2.15. The lowest BCUT2D eigenvalue weighted by molar-refractivity contribution is -0.195. The molecule has 0 bridgehead atoms. The largest absolute Gasteiger partial charge is 0.491 e. The van der Waals surface area contributed by atoms with Crippen LogP contribution in [-0.2, 0) is 21.4 Å². The second kappa shape index (κ2) is 11.6. The molecule has 2 aromatic heterocycles. The molecule has 0 aliphatic heterocycles. The Kier molecular flexibility index (Phi) is 7.75. The monoisotopic (exact) mass is 591 g/mol. The standard InChI is InChI=1S/C29H21F4N7O3/c1-16(43-27(42)29(31,32)33)26(41)36-20-9-10-23(30)24(12-20)38-25-22(19-8-7-17-5-3-4-6-18(17)11-19)14-34-28(39-25)37-21-13-35-40(2)15-21/h3-15H,1H2,2H3,(H,36,41)(H2,34,37,38,39). The summed E-state index contributed by atoms with van der Waals surface area (Å²) in [5.74, 6) is -5.30. The molecule has 14 heteroatoms. The van der Waals surface area contributed by atoms with Crippen molar-refractivity contribution in [2.24, 2.45) is 7.05 Å². The van der Waals surface area contributed by atoms with Crippen molar-refractivity contribution in [1.29, 1.82) is 0 Å². The van der Waals surface area contributed by atoms with Gasteiger partial charge < -0.3 is 20.7 Å². The Morgan fingerprint density at radius 2 is 1.72 bits per heavy atom. The van der Waals surface area contributed by atoms with Crippen LogP contribution in [0.15, 0.2) is 91.6 Å².